The fourth-order valence-electron chi connectivity index (χ4n) is 3.02. The van der Waals surface area contributed by atoms with Gasteiger partial charge in [-0.2, -0.15) is 5.10 Å². The predicted octanol–water partition coefficient (Wildman–Crippen LogP) is 2.77. The van der Waals surface area contributed by atoms with Gasteiger partial charge in [-0.05, 0) is 31.4 Å². The third-order valence-electron chi connectivity index (χ3n) is 4.55. The van der Waals surface area contributed by atoms with Gasteiger partial charge in [0.25, 0.3) is 0 Å². The summed E-state index contributed by atoms with van der Waals surface area (Å²) in [6.07, 6.45) is 5.91. The van der Waals surface area contributed by atoms with Gasteiger partial charge in [0.2, 0.25) is 5.91 Å². The van der Waals surface area contributed by atoms with E-state index in [4.69, 9.17) is 0 Å². The predicted molar refractivity (Wildman–Crippen MR) is 87.6 cm³/mol. The fraction of sp³-hybridized carbons (Fsp3) is 0.389. The second-order valence-electron chi connectivity index (χ2n) is 6.28. The molecule has 1 aliphatic carbocycles. The van der Waals surface area contributed by atoms with Crippen LogP contribution in [0.1, 0.15) is 48.9 Å². The molecule has 2 aliphatic rings. The number of fused-ring (bicyclic) bond motifs is 1. The molecule has 5 nitrogen and oxygen atoms in total. The smallest absolute Gasteiger partial charge is 0.247 e. The molecule has 0 bridgehead atoms. The van der Waals surface area contributed by atoms with Crippen molar-refractivity contribution in [3.8, 4) is 0 Å². The maximum atomic E-state index is 12.5. The number of aromatic nitrogens is 3. The molecule has 0 radical (unpaired) electrons. The molecule has 5 heteroatoms. The van der Waals surface area contributed by atoms with Gasteiger partial charge in [0, 0.05) is 18.5 Å². The average molecular weight is 308 g/mol. The van der Waals surface area contributed by atoms with E-state index >= 15 is 0 Å². The van der Waals surface area contributed by atoms with Gasteiger partial charge in [0.05, 0.1) is 12.6 Å². The minimum Gasteiger partial charge on any atom is -0.327 e. The zero-order chi connectivity index (χ0) is 15.8. The monoisotopic (exact) mass is 308 g/mol. The number of rotatable bonds is 3. The first kappa shape index (κ1) is 14.2. The van der Waals surface area contributed by atoms with Crippen LogP contribution >= 0.6 is 0 Å². The van der Waals surface area contributed by atoms with E-state index in [9.17, 15) is 4.79 Å². The van der Waals surface area contributed by atoms with Crippen LogP contribution in [-0.2, 0) is 11.3 Å². The maximum Gasteiger partial charge on any atom is 0.247 e. The largest absolute Gasteiger partial charge is 0.327 e. The number of carbonyl (C=O) groups excluding carboxylic acids is 1. The first-order valence-corrected chi connectivity index (χ1v) is 8.21. The minimum absolute atomic E-state index is 0.0309. The van der Waals surface area contributed by atoms with Gasteiger partial charge in [0.1, 0.15) is 5.82 Å². The Morgan fingerprint density at radius 2 is 2.00 bits per heavy atom. The molecule has 1 aliphatic heterocycles. The Labute approximate surface area is 135 Å². The summed E-state index contributed by atoms with van der Waals surface area (Å²) >= 11 is 0. The first-order chi connectivity index (χ1) is 11.2. The van der Waals surface area contributed by atoms with E-state index in [1.165, 1.54) is 12.8 Å². The molecular formula is C18H20N4O. The van der Waals surface area contributed by atoms with Crippen molar-refractivity contribution in [2.45, 2.75) is 38.3 Å². The first-order valence-electron chi connectivity index (χ1n) is 8.21. The summed E-state index contributed by atoms with van der Waals surface area (Å²) in [5.41, 5.74) is 1.03. The Morgan fingerprint density at radius 3 is 2.74 bits per heavy atom. The minimum atomic E-state index is -0.0309. The normalized spacial score (nSPS) is 20.7. The Kier molecular flexibility index (Phi) is 3.48. The van der Waals surface area contributed by atoms with Crippen LogP contribution in [0.25, 0.3) is 6.08 Å². The summed E-state index contributed by atoms with van der Waals surface area (Å²) in [6.45, 7) is 3.44. The zero-order valence-electron chi connectivity index (χ0n) is 13.2. The summed E-state index contributed by atoms with van der Waals surface area (Å²) in [5.74, 6) is 2.45. The van der Waals surface area contributed by atoms with Crippen LogP contribution < -0.4 is 0 Å². The maximum absolute atomic E-state index is 12.5. The Morgan fingerprint density at radius 1 is 1.22 bits per heavy atom. The van der Waals surface area contributed by atoms with E-state index < -0.39 is 0 Å². The molecule has 0 N–H and O–H groups in total. The number of carbonyl (C=O) groups is 1. The van der Waals surface area contributed by atoms with Gasteiger partial charge in [-0.15, -0.1) is 0 Å². The van der Waals surface area contributed by atoms with E-state index in [1.807, 2.05) is 52.9 Å². The summed E-state index contributed by atoms with van der Waals surface area (Å²) in [7, 11) is 0. The SMILES string of the molecule is C[C@@H]1c2nc(C3CC3)nn2CCN1C(=O)C=Cc1ccccc1. The molecule has 1 atom stereocenters. The van der Waals surface area contributed by atoms with E-state index in [1.54, 1.807) is 6.08 Å². The summed E-state index contributed by atoms with van der Waals surface area (Å²) < 4.78 is 1.98. The van der Waals surface area contributed by atoms with Crippen molar-refractivity contribution in [1.82, 2.24) is 19.7 Å². The van der Waals surface area contributed by atoms with Crippen molar-refractivity contribution in [2.24, 2.45) is 0 Å². The molecule has 0 spiro atoms. The highest BCUT2D eigenvalue weighted by Crippen LogP contribution is 2.39. The van der Waals surface area contributed by atoms with Gasteiger partial charge >= 0.3 is 0 Å². The topological polar surface area (TPSA) is 51.0 Å². The lowest BCUT2D eigenvalue weighted by Gasteiger charge is -2.32. The van der Waals surface area contributed by atoms with Gasteiger partial charge in [-0.25, -0.2) is 9.67 Å². The van der Waals surface area contributed by atoms with Gasteiger partial charge in [-0.3, -0.25) is 4.79 Å². The lowest BCUT2D eigenvalue weighted by atomic mass is 10.2. The molecule has 0 saturated heterocycles. The van der Waals surface area contributed by atoms with E-state index in [0.717, 1.165) is 23.8 Å². The van der Waals surface area contributed by atoms with Gasteiger partial charge < -0.3 is 4.90 Å². The van der Waals surface area contributed by atoms with Crippen LogP contribution in [0.15, 0.2) is 36.4 Å². The van der Waals surface area contributed by atoms with E-state index in [0.29, 0.717) is 12.5 Å². The number of hydrogen-bond acceptors (Lipinski definition) is 3. The molecule has 1 amide bonds. The summed E-state index contributed by atoms with van der Waals surface area (Å²) in [6, 6.07) is 9.85. The lowest BCUT2D eigenvalue weighted by molar-refractivity contribution is -0.129. The molecule has 1 aromatic heterocycles. The summed E-state index contributed by atoms with van der Waals surface area (Å²) in [5, 5.41) is 4.60. The van der Waals surface area contributed by atoms with Crippen molar-refractivity contribution < 1.29 is 4.79 Å². The molecule has 1 saturated carbocycles. The molecule has 0 unspecified atom stereocenters. The standard InChI is InChI=1S/C18H20N4O/c1-13-18-19-17(15-8-9-15)20-22(18)12-11-21(13)16(23)10-7-14-5-3-2-4-6-14/h2-7,10,13,15H,8-9,11-12H2,1H3/t13-/m1/s1. The third kappa shape index (κ3) is 2.79. The Bertz CT molecular complexity index is 746. The fourth-order valence-corrected chi connectivity index (χ4v) is 3.02. The molecular weight excluding hydrogens is 288 g/mol. The molecule has 23 heavy (non-hydrogen) atoms. The number of nitrogens with zero attached hydrogens (tertiary/aromatic N) is 4. The van der Waals surface area contributed by atoms with Crippen LogP contribution in [0.3, 0.4) is 0 Å². The number of hydrogen-bond donors (Lipinski definition) is 0. The second-order valence-corrected chi connectivity index (χ2v) is 6.28. The van der Waals surface area contributed by atoms with E-state index in [2.05, 4.69) is 10.1 Å². The second kappa shape index (κ2) is 5.65. The molecule has 2 aromatic rings. The van der Waals surface area contributed by atoms with Crippen LogP contribution in [0, 0.1) is 0 Å². The van der Waals surface area contributed by atoms with Crippen molar-refractivity contribution in [3.05, 3.63) is 53.6 Å². The Hall–Kier alpha value is -2.43. The van der Waals surface area contributed by atoms with Crippen LogP contribution in [0.4, 0.5) is 0 Å². The lowest BCUT2D eigenvalue weighted by Crippen LogP contribution is -2.40. The summed E-state index contributed by atoms with van der Waals surface area (Å²) in [4.78, 5) is 19.1. The molecule has 1 fully saturated rings. The molecule has 1 aromatic carbocycles. The Balaban J connectivity index is 1.51. The van der Waals surface area contributed by atoms with Crippen molar-refractivity contribution in [3.63, 3.8) is 0 Å². The van der Waals surface area contributed by atoms with Crippen LogP contribution in [0.2, 0.25) is 0 Å². The van der Waals surface area contributed by atoms with Crippen LogP contribution in [-0.4, -0.2) is 32.1 Å². The third-order valence-corrected chi connectivity index (χ3v) is 4.55. The molecule has 118 valence electrons. The molecule has 2 heterocycles. The van der Waals surface area contributed by atoms with Crippen molar-refractivity contribution in [1.29, 1.82) is 0 Å². The highest BCUT2D eigenvalue weighted by atomic mass is 16.2. The van der Waals surface area contributed by atoms with Gasteiger partial charge in [-0.1, -0.05) is 30.3 Å². The van der Waals surface area contributed by atoms with Gasteiger partial charge in [0.15, 0.2) is 5.82 Å². The zero-order valence-corrected chi connectivity index (χ0v) is 13.2. The van der Waals surface area contributed by atoms with Crippen LogP contribution in [0.5, 0.6) is 0 Å². The molecule has 4 rings (SSSR count). The number of amides is 1. The average Bonchev–Trinajstić information content (AvgIpc) is 3.33. The van der Waals surface area contributed by atoms with Crippen molar-refractivity contribution >= 4 is 12.0 Å². The van der Waals surface area contributed by atoms with Crippen molar-refractivity contribution in [2.75, 3.05) is 6.54 Å². The highest BCUT2D eigenvalue weighted by Gasteiger charge is 2.34. The van der Waals surface area contributed by atoms with E-state index in [-0.39, 0.29) is 11.9 Å². The highest BCUT2D eigenvalue weighted by molar-refractivity contribution is 5.92. The quantitative estimate of drug-likeness (QED) is 0.819. The number of benzene rings is 1.